The molecule has 0 saturated carbocycles. The molecule has 3 heteroatoms. The number of aromatic nitrogens is 1. The zero-order valence-electron chi connectivity index (χ0n) is 23.2. The average Bonchev–Trinajstić information content (AvgIpc) is 3.23. The van der Waals surface area contributed by atoms with Crippen LogP contribution in [-0.4, -0.2) is 0 Å². The summed E-state index contributed by atoms with van der Waals surface area (Å²) in [5.74, 6) is 0. The fraction of sp³-hybridized carbons (Fsp3) is 0.250. The number of furan rings is 1. The van der Waals surface area contributed by atoms with Crippen molar-refractivity contribution in [2.45, 2.75) is 41.0 Å². The highest BCUT2D eigenvalue weighted by Crippen LogP contribution is 2.42. The molecule has 2 aromatic heterocycles. The van der Waals surface area contributed by atoms with Gasteiger partial charge in [0.2, 0.25) is 11.4 Å². The van der Waals surface area contributed by atoms with Crippen molar-refractivity contribution in [3.05, 3.63) is 95.0 Å². The van der Waals surface area contributed by atoms with E-state index < -0.39 is 11.8 Å². The van der Waals surface area contributed by atoms with Crippen molar-refractivity contribution in [2.75, 3.05) is 0 Å². The van der Waals surface area contributed by atoms with E-state index in [2.05, 4.69) is 27.6 Å². The first-order chi connectivity index (χ1) is 17.4. The van der Waals surface area contributed by atoms with E-state index in [0.717, 1.165) is 44.4 Å². The number of rotatable bonds is 3. The van der Waals surface area contributed by atoms with Gasteiger partial charge in [-0.1, -0.05) is 63.2 Å². The average molecular weight is 462 g/mol. The number of aryl methyl sites for hydroxylation is 2. The summed E-state index contributed by atoms with van der Waals surface area (Å²) < 4.78 is 26.4. The lowest BCUT2D eigenvalue weighted by atomic mass is 9.87. The number of hydrogen-bond donors (Lipinski definition) is 0. The second-order valence-electron chi connectivity index (χ2n) is 10.3. The monoisotopic (exact) mass is 461 g/mol. The van der Waals surface area contributed by atoms with Crippen LogP contribution in [-0.2, 0) is 13.4 Å². The summed E-state index contributed by atoms with van der Waals surface area (Å²) in [6.45, 7) is 17.7. The van der Waals surface area contributed by atoms with Crippen LogP contribution in [0.3, 0.4) is 0 Å². The topological polar surface area (TPSA) is 21.4 Å². The third kappa shape index (κ3) is 4.10. The van der Waals surface area contributed by atoms with Gasteiger partial charge in [-0.15, -0.1) is 0 Å². The molecule has 2 heterocycles. The first-order valence-electron chi connectivity index (χ1n) is 12.9. The van der Waals surface area contributed by atoms with Crippen molar-refractivity contribution in [2.24, 2.45) is 12.5 Å². The van der Waals surface area contributed by atoms with Crippen molar-refractivity contribution in [3.63, 3.8) is 0 Å². The van der Waals surface area contributed by atoms with Gasteiger partial charge in [0.1, 0.15) is 18.2 Å². The van der Waals surface area contributed by atoms with E-state index >= 15 is 0 Å². The maximum absolute atomic E-state index is 8.91. The van der Waals surface area contributed by atoms with Crippen molar-refractivity contribution >= 4 is 27.6 Å². The zero-order chi connectivity index (χ0) is 26.7. The zero-order valence-corrected chi connectivity index (χ0v) is 21.2. The van der Waals surface area contributed by atoms with E-state index in [1.165, 1.54) is 0 Å². The Balaban J connectivity index is 1.84. The summed E-state index contributed by atoms with van der Waals surface area (Å²) in [4.78, 5) is 3.81. The number of pyridine rings is 1. The first kappa shape index (κ1) is 20.5. The van der Waals surface area contributed by atoms with Gasteiger partial charge < -0.3 is 4.42 Å². The largest absolute Gasteiger partial charge is 0.466 e. The van der Waals surface area contributed by atoms with E-state index in [1.54, 1.807) is 0 Å². The Morgan fingerprint density at radius 2 is 1.66 bits per heavy atom. The highest BCUT2D eigenvalue weighted by molar-refractivity contribution is 6.14. The smallest absolute Gasteiger partial charge is 0.230 e. The Morgan fingerprint density at radius 3 is 2.34 bits per heavy atom. The third-order valence-electron chi connectivity index (χ3n) is 6.48. The second kappa shape index (κ2) is 8.40. The Morgan fingerprint density at radius 1 is 0.914 bits per heavy atom. The molecule has 0 aliphatic carbocycles. The molecule has 0 saturated heterocycles. The van der Waals surface area contributed by atoms with Crippen LogP contribution in [0.25, 0.3) is 49.2 Å². The minimum atomic E-state index is -1.53. The van der Waals surface area contributed by atoms with Gasteiger partial charge in [-0.25, -0.2) is 4.85 Å². The van der Waals surface area contributed by atoms with Crippen LogP contribution in [0.4, 0.5) is 5.69 Å². The number of hydrogen-bond acceptors (Lipinski definition) is 1. The third-order valence-corrected chi connectivity index (χ3v) is 6.48. The number of nitrogens with zero attached hydrogens (tertiary/aromatic N) is 2. The van der Waals surface area contributed by atoms with Crippen LogP contribution in [0.15, 0.2) is 71.1 Å². The van der Waals surface area contributed by atoms with Gasteiger partial charge in [-0.3, -0.25) is 0 Å². The minimum Gasteiger partial charge on any atom is -0.466 e. The molecule has 3 nitrogen and oxygen atoms in total. The summed E-state index contributed by atoms with van der Waals surface area (Å²) in [6, 6.07) is 22.1. The summed E-state index contributed by atoms with van der Waals surface area (Å²) >= 11 is 0. The molecule has 0 unspecified atom stereocenters. The molecule has 0 spiro atoms. The van der Waals surface area contributed by atoms with Gasteiger partial charge in [-0.2, -0.15) is 4.57 Å². The van der Waals surface area contributed by atoms with Crippen LogP contribution in [0.2, 0.25) is 0 Å². The fourth-order valence-corrected chi connectivity index (χ4v) is 4.76. The van der Waals surface area contributed by atoms with E-state index in [4.69, 9.17) is 13.7 Å². The second-order valence-corrected chi connectivity index (χ2v) is 10.3. The molecule has 0 atom stereocenters. The van der Waals surface area contributed by atoms with Gasteiger partial charge in [0.25, 0.3) is 0 Å². The molecule has 0 aliphatic heterocycles. The van der Waals surface area contributed by atoms with E-state index in [1.807, 2.05) is 90.2 Å². The molecule has 0 N–H and O–H groups in total. The summed E-state index contributed by atoms with van der Waals surface area (Å²) in [5, 5.41) is 1.85. The summed E-state index contributed by atoms with van der Waals surface area (Å²) in [6.07, 6.45) is -1.53. The van der Waals surface area contributed by atoms with Crippen LogP contribution in [0, 0.1) is 25.8 Å². The lowest BCUT2D eigenvalue weighted by molar-refractivity contribution is -0.666. The summed E-state index contributed by atoms with van der Waals surface area (Å²) in [5.41, 5.74) is 7.67. The lowest BCUT2D eigenvalue weighted by Crippen LogP contribution is -2.35. The molecule has 0 amide bonds. The van der Waals surface area contributed by atoms with Gasteiger partial charge in [0.15, 0.2) is 5.69 Å². The molecule has 0 aliphatic rings. The van der Waals surface area contributed by atoms with Crippen LogP contribution in [0.1, 0.15) is 40.3 Å². The molecule has 3 aromatic carbocycles. The minimum absolute atomic E-state index is 0.481. The van der Waals surface area contributed by atoms with Crippen molar-refractivity contribution in [1.82, 2.24) is 0 Å². The van der Waals surface area contributed by atoms with E-state index in [0.29, 0.717) is 22.4 Å². The van der Waals surface area contributed by atoms with Crippen LogP contribution < -0.4 is 4.57 Å². The number of benzene rings is 3. The predicted octanol–water partition coefficient (Wildman–Crippen LogP) is 8.50. The van der Waals surface area contributed by atoms with E-state index in [9.17, 15) is 0 Å². The highest BCUT2D eigenvalue weighted by Gasteiger charge is 2.25. The predicted molar refractivity (Wildman–Crippen MR) is 145 cm³/mol. The Hall–Kier alpha value is -3.90. The van der Waals surface area contributed by atoms with Crippen LogP contribution in [0.5, 0.6) is 0 Å². The first-order valence-corrected chi connectivity index (χ1v) is 11.9. The van der Waals surface area contributed by atoms with Gasteiger partial charge >= 0.3 is 0 Å². The molecule has 5 aromatic rings. The highest BCUT2D eigenvalue weighted by atomic mass is 16.3. The summed E-state index contributed by atoms with van der Waals surface area (Å²) in [7, 11) is 2.00. The SMILES string of the molecule is [2H]C([2H])(c1cc(C)[n+](C)c(-c2c(C)ccc3c2oc2c([N+]#[C-])cc(-c4ccccc4)cc23)c1)C(C)(C)C. The van der Waals surface area contributed by atoms with Crippen molar-refractivity contribution in [3.8, 4) is 22.4 Å². The fourth-order valence-electron chi connectivity index (χ4n) is 4.76. The maximum Gasteiger partial charge on any atom is 0.230 e. The van der Waals surface area contributed by atoms with Crippen molar-refractivity contribution < 1.29 is 11.7 Å². The standard InChI is InChI=1S/C32H31N2O/c1-20-13-14-25-26-17-24(23-11-9-8-10-12-23)18-27(33-6)30(26)35-31(25)29(20)28-16-22(19-32(3,4)5)15-21(2)34(28)7/h8-18H,19H2,1-5,7H3/q+1/i19D2. The lowest BCUT2D eigenvalue weighted by Gasteiger charge is -2.18. The molecular weight excluding hydrogens is 428 g/mol. The molecular formula is C32H31N2O+. The van der Waals surface area contributed by atoms with Crippen LogP contribution >= 0.6 is 0 Å². The quantitative estimate of drug-likeness (QED) is 0.195. The van der Waals surface area contributed by atoms with Gasteiger partial charge in [-0.05, 0) is 53.1 Å². The van der Waals surface area contributed by atoms with Gasteiger partial charge in [0, 0.05) is 32.6 Å². The molecule has 0 fully saturated rings. The Bertz CT molecular complexity index is 1720. The number of fused-ring (bicyclic) bond motifs is 3. The van der Waals surface area contributed by atoms with Crippen molar-refractivity contribution in [1.29, 1.82) is 0 Å². The Kier molecular flexibility index (Phi) is 4.91. The van der Waals surface area contributed by atoms with E-state index in [-0.39, 0.29) is 0 Å². The molecule has 0 bridgehead atoms. The van der Waals surface area contributed by atoms with Gasteiger partial charge in [0.05, 0.1) is 12.1 Å². The molecule has 35 heavy (non-hydrogen) atoms. The molecule has 174 valence electrons. The Labute approximate surface area is 210 Å². The normalized spacial score (nSPS) is 13.1. The molecule has 0 radical (unpaired) electrons. The maximum atomic E-state index is 8.91. The molecule has 5 rings (SSSR count).